The molecule has 1 aromatic rings. The van der Waals surface area contributed by atoms with E-state index in [0.717, 1.165) is 0 Å². The van der Waals surface area contributed by atoms with E-state index < -0.39 is 0 Å². The lowest BCUT2D eigenvalue weighted by atomic mass is 10.1. The molecule has 0 aromatic heterocycles. The fourth-order valence-corrected chi connectivity index (χ4v) is 1.13. The zero-order valence-electron chi connectivity index (χ0n) is 8.22. The van der Waals surface area contributed by atoms with Gasteiger partial charge in [-0.25, -0.2) is 9.59 Å². The zero-order valence-corrected chi connectivity index (χ0v) is 8.22. The monoisotopic (exact) mass is 215 g/mol. The summed E-state index contributed by atoms with van der Waals surface area (Å²) >= 11 is 0. The molecule has 78 valence electrons. The summed E-state index contributed by atoms with van der Waals surface area (Å²) in [6.45, 7) is 1.66. The Hall–Kier alpha value is -2.73. The number of hydrogen-bond donors (Lipinski definition) is 0. The smallest absolute Gasteiger partial charge is 0.292 e. The van der Waals surface area contributed by atoms with E-state index in [1.807, 2.05) is 0 Å². The van der Waals surface area contributed by atoms with Crippen molar-refractivity contribution in [3.05, 3.63) is 17.7 Å². The molecule has 0 aliphatic rings. The minimum absolute atomic E-state index is 0.0140. The third kappa shape index (κ3) is 2.20. The Bertz CT molecular complexity index is 547. The Kier molecular flexibility index (Phi) is 3.71. The molecule has 0 radical (unpaired) electrons. The van der Waals surface area contributed by atoms with E-state index in [1.54, 1.807) is 13.0 Å². The Balaban J connectivity index is 3.55. The van der Waals surface area contributed by atoms with Crippen LogP contribution in [0.1, 0.15) is 5.56 Å². The molecule has 16 heavy (non-hydrogen) atoms. The van der Waals surface area contributed by atoms with E-state index in [0.29, 0.717) is 5.56 Å². The van der Waals surface area contributed by atoms with E-state index >= 15 is 0 Å². The van der Waals surface area contributed by atoms with Gasteiger partial charge in [0.2, 0.25) is 12.2 Å². The number of aryl methyl sites for hydroxylation is 1. The number of ether oxygens (including phenoxy) is 1. The zero-order chi connectivity index (χ0) is 12.0. The molecular formula is C10H5N3O3. The van der Waals surface area contributed by atoms with E-state index in [1.165, 1.54) is 24.5 Å². The van der Waals surface area contributed by atoms with Gasteiger partial charge in [-0.3, -0.25) is 0 Å². The van der Waals surface area contributed by atoms with Gasteiger partial charge in [-0.2, -0.15) is 9.98 Å². The maximum absolute atomic E-state index is 10.2. The minimum atomic E-state index is -0.0140. The average molecular weight is 215 g/mol. The molecule has 0 unspecified atom stereocenters. The highest BCUT2D eigenvalue weighted by Crippen LogP contribution is 2.39. The van der Waals surface area contributed by atoms with Crippen LogP contribution in [0.15, 0.2) is 22.1 Å². The molecule has 0 heterocycles. The normalized spacial score (nSPS) is 8.25. The van der Waals surface area contributed by atoms with Gasteiger partial charge in [0.1, 0.15) is 11.4 Å². The molecule has 0 N–H and O–H groups in total. The number of nitriles is 1. The van der Waals surface area contributed by atoms with Gasteiger partial charge >= 0.3 is 0 Å². The summed E-state index contributed by atoms with van der Waals surface area (Å²) in [7, 11) is 0. The molecule has 0 spiro atoms. The number of nitrogens with zero attached hydrogens (tertiary/aromatic N) is 3. The summed E-state index contributed by atoms with van der Waals surface area (Å²) in [5, 5.41) is 8.44. The van der Waals surface area contributed by atoms with Crippen molar-refractivity contribution in [2.24, 2.45) is 9.98 Å². The van der Waals surface area contributed by atoms with Gasteiger partial charge in [-0.15, -0.1) is 5.26 Å². The summed E-state index contributed by atoms with van der Waals surface area (Å²) in [6.07, 6.45) is 4.09. The summed E-state index contributed by atoms with van der Waals surface area (Å²) in [5.74, 6) is 0.0716. The van der Waals surface area contributed by atoms with Gasteiger partial charge in [0.25, 0.3) is 6.26 Å². The van der Waals surface area contributed by atoms with Crippen molar-refractivity contribution < 1.29 is 14.3 Å². The van der Waals surface area contributed by atoms with E-state index in [2.05, 4.69) is 14.7 Å². The Morgan fingerprint density at radius 3 is 2.50 bits per heavy atom. The Morgan fingerprint density at radius 2 is 1.94 bits per heavy atom. The predicted molar refractivity (Wildman–Crippen MR) is 53.0 cm³/mol. The van der Waals surface area contributed by atoms with Crippen molar-refractivity contribution in [2.45, 2.75) is 6.92 Å². The lowest BCUT2D eigenvalue weighted by Gasteiger charge is -2.05. The second kappa shape index (κ2) is 5.23. The maximum atomic E-state index is 10.2. The molecule has 0 bridgehead atoms. The first-order chi connectivity index (χ1) is 7.74. The van der Waals surface area contributed by atoms with Crippen molar-refractivity contribution >= 4 is 23.5 Å². The fourth-order valence-electron chi connectivity index (χ4n) is 1.13. The van der Waals surface area contributed by atoms with Crippen LogP contribution in [-0.2, 0) is 9.59 Å². The van der Waals surface area contributed by atoms with Crippen LogP contribution in [0.3, 0.4) is 0 Å². The van der Waals surface area contributed by atoms with Crippen LogP contribution < -0.4 is 4.74 Å². The minimum Gasteiger partial charge on any atom is -0.385 e. The molecule has 0 saturated heterocycles. The first-order valence-corrected chi connectivity index (χ1v) is 4.10. The lowest BCUT2D eigenvalue weighted by molar-refractivity contribution is 0.504. The van der Waals surface area contributed by atoms with Gasteiger partial charge in [-0.1, -0.05) is 6.07 Å². The average Bonchev–Trinajstić information content (AvgIpc) is 2.27. The molecule has 6 nitrogen and oxygen atoms in total. The summed E-state index contributed by atoms with van der Waals surface area (Å²) in [6, 6.07) is 3.04. The Labute approximate surface area is 90.5 Å². The van der Waals surface area contributed by atoms with Crippen molar-refractivity contribution in [1.82, 2.24) is 0 Å². The van der Waals surface area contributed by atoms with Gasteiger partial charge in [-0.05, 0) is 18.6 Å². The fraction of sp³-hybridized carbons (Fsp3) is 0.100. The topological polar surface area (TPSA) is 91.9 Å². The first-order valence-electron chi connectivity index (χ1n) is 4.10. The number of hydrogen-bond acceptors (Lipinski definition) is 6. The third-order valence-corrected chi connectivity index (χ3v) is 1.78. The second-order valence-electron chi connectivity index (χ2n) is 2.68. The van der Waals surface area contributed by atoms with Crippen LogP contribution in [0.2, 0.25) is 0 Å². The predicted octanol–water partition coefficient (Wildman–Crippen LogP) is 1.79. The van der Waals surface area contributed by atoms with Crippen LogP contribution >= 0.6 is 0 Å². The van der Waals surface area contributed by atoms with Crippen LogP contribution in [0, 0.1) is 18.4 Å². The highest BCUT2D eigenvalue weighted by molar-refractivity contribution is 5.76. The number of carbonyl (C=O) groups excluding carboxylic acids is 2. The molecule has 0 atom stereocenters. The molecule has 0 amide bonds. The Morgan fingerprint density at radius 1 is 1.25 bits per heavy atom. The van der Waals surface area contributed by atoms with Crippen LogP contribution in [0.25, 0.3) is 0 Å². The van der Waals surface area contributed by atoms with Crippen molar-refractivity contribution in [3.63, 3.8) is 0 Å². The lowest BCUT2D eigenvalue weighted by Crippen LogP contribution is -1.87. The molecular weight excluding hydrogens is 210 g/mol. The molecule has 0 saturated carbocycles. The summed E-state index contributed by atoms with van der Waals surface area (Å²) in [5.41, 5.74) is 0.662. The van der Waals surface area contributed by atoms with Crippen LogP contribution in [0.4, 0.5) is 11.4 Å². The number of rotatable bonds is 3. The van der Waals surface area contributed by atoms with E-state index in [-0.39, 0.29) is 17.1 Å². The van der Waals surface area contributed by atoms with Gasteiger partial charge < -0.3 is 4.74 Å². The second-order valence-corrected chi connectivity index (χ2v) is 2.68. The van der Waals surface area contributed by atoms with Gasteiger partial charge in [0, 0.05) is 0 Å². The van der Waals surface area contributed by atoms with Crippen molar-refractivity contribution in [3.8, 4) is 12.0 Å². The number of benzene rings is 1. The van der Waals surface area contributed by atoms with Crippen molar-refractivity contribution in [1.29, 1.82) is 5.26 Å². The number of isocyanates is 2. The summed E-state index contributed by atoms with van der Waals surface area (Å²) < 4.78 is 4.65. The van der Waals surface area contributed by atoms with Gasteiger partial charge in [0.05, 0.1) is 0 Å². The largest absolute Gasteiger partial charge is 0.385 e. The van der Waals surface area contributed by atoms with Crippen LogP contribution in [0.5, 0.6) is 5.75 Å². The molecule has 1 rings (SSSR count). The van der Waals surface area contributed by atoms with E-state index in [4.69, 9.17) is 5.26 Å². The standard InChI is InChI=1S/C10H5N3O3/c1-7-2-3-8(12-5-14)9(13-6-15)10(7)16-4-11/h2-3H,1H3. The number of aliphatic imine (C=N–C) groups is 2. The molecule has 6 heteroatoms. The highest BCUT2D eigenvalue weighted by atomic mass is 16.5. The van der Waals surface area contributed by atoms with Crippen LogP contribution in [-0.4, -0.2) is 12.2 Å². The highest BCUT2D eigenvalue weighted by Gasteiger charge is 2.12. The van der Waals surface area contributed by atoms with Crippen molar-refractivity contribution in [2.75, 3.05) is 0 Å². The summed E-state index contributed by atoms with van der Waals surface area (Å²) in [4.78, 5) is 27.1. The molecule has 1 aromatic carbocycles. The SMILES string of the molecule is Cc1ccc(N=C=O)c(N=C=O)c1OC#N. The molecule has 0 aliphatic heterocycles. The maximum Gasteiger partial charge on any atom is 0.292 e. The van der Waals surface area contributed by atoms with E-state index in [9.17, 15) is 9.59 Å². The third-order valence-electron chi connectivity index (χ3n) is 1.78. The molecule has 0 fully saturated rings. The van der Waals surface area contributed by atoms with Gasteiger partial charge in [0.15, 0.2) is 5.75 Å². The quantitative estimate of drug-likeness (QED) is 0.436. The molecule has 0 aliphatic carbocycles. The first kappa shape index (κ1) is 11.3.